The molecule has 2 nitrogen and oxygen atoms in total. The number of anilines is 5. The van der Waals surface area contributed by atoms with Gasteiger partial charge in [-0.2, -0.15) is 0 Å². The van der Waals surface area contributed by atoms with Crippen molar-refractivity contribution in [1.82, 2.24) is 0 Å². The van der Waals surface area contributed by atoms with Crippen LogP contribution in [0.2, 0.25) is 0 Å². The number of rotatable bonds is 3. The molecule has 9 aromatic rings. The highest BCUT2D eigenvalue weighted by Crippen LogP contribution is 2.57. The van der Waals surface area contributed by atoms with E-state index in [1.807, 2.05) is 23.1 Å². The van der Waals surface area contributed by atoms with Gasteiger partial charge in [0, 0.05) is 64.6 Å². The average Bonchev–Trinajstić information content (AvgIpc) is 3.72. The van der Waals surface area contributed by atoms with Crippen LogP contribution in [0.4, 0.5) is 28.4 Å². The SMILES string of the molecule is Cc1cc2c3c(c1)N(c1cc4c(cc1C)C(C)(C)CCC4(C)C)c1cc4c(cc1B3N(c1ccc(C(C)(C)C)cc1-c1ccccc1)c1c-2ccc2c1sc1ccccc12)C(C)(C)c1ccccc1S4. The summed E-state index contributed by atoms with van der Waals surface area (Å²) in [6.45, 7) is 26.3. The van der Waals surface area contributed by atoms with E-state index in [0.717, 1.165) is 0 Å². The first-order chi connectivity index (χ1) is 33.4. The van der Waals surface area contributed by atoms with E-state index < -0.39 is 0 Å². The highest BCUT2D eigenvalue weighted by molar-refractivity contribution is 7.99. The van der Waals surface area contributed by atoms with Gasteiger partial charge in [0.15, 0.2) is 0 Å². The van der Waals surface area contributed by atoms with Crippen LogP contribution in [-0.4, -0.2) is 6.85 Å². The second-order valence-corrected chi connectivity index (χ2v) is 25.9. The zero-order valence-corrected chi connectivity index (χ0v) is 44.2. The van der Waals surface area contributed by atoms with Crippen molar-refractivity contribution in [2.24, 2.45) is 0 Å². The zero-order valence-electron chi connectivity index (χ0n) is 42.6. The molecule has 13 rings (SSSR count). The lowest BCUT2D eigenvalue weighted by Gasteiger charge is -2.48. The van der Waals surface area contributed by atoms with Gasteiger partial charge < -0.3 is 9.71 Å². The van der Waals surface area contributed by atoms with E-state index in [4.69, 9.17) is 0 Å². The smallest absolute Gasteiger partial charge is 0.333 e. The fourth-order valence-electron chi connectivity index (χ4n) is 12.8. The van der Waals surface area contributed by atoms with E-state index in [2.05, 4.69) is 231 Å². The van der Waals surface area contributed by atoms with Gasteiger partial charge in [-0.05, 0) is 146 Å². The van der Waals surface area contributed by atoms with Gasteiger partial charge in [0.25, 0.3) is 0 Å². The molecule has 0 fully saturated rings. The van der Waals surface area contributed by atoms with Gasteiger partial charge in [0.05, 0.1) is 10.4 Å². The van der Waals surface area contributed by atoms with Crippen LogP contribution in [0.25, 0.3) is 42.4 Å². The van der Waals surface area contributed by atoms with Crippen LogP contribution < -0.4 is 20.6 Å². The monoisotopic (exact) mass is 944 g/mol. The molecule has 0 saturated heterocycles. The lowest BCUT2D eigenvalue weighted by atomic mass is 9.43. The molecular formula is C65H61BN2S2. The summed E-state index contributed by atoms with van der Waals surface area (Å²) in [4.78, 5) is 8.21. The van der Waals surface area contributed by atoms with Gasteiger partial charge in [-0.1, -0.05) is 177 Å². The Morgan fingerprint density at radius 2 is 1.26 bits per heavy atom. The molecule has 346 valence electrons. The largest absolute Gasteiger partial charge is 0.375 e. The molecule has 0 N–H and O–H groups in total. The number of hydrogen-bond donors (Lipinski definition) is 0. The van der Waals surface area contributed by atoms with Crippen molar-refractivity contribution in [2.45, 2.75) is 120 Å². The van der Waals surface area contributed by atoms with Crippen LogP contribution in [-0.2, 0) is 21.7 Å². The summed E-state index contributed by atoms with van der Waals surface area (Å²) in [5.41, 5.74) is 23.9. The standard InChI is InChI=1S/C65H61BN2S2/c1-38-31-46-43-26-27-44-42-21-15-17-23-56(42)70-61(44)60(43)68(52-28-25-41(62(3,4)5)34-45(52)40-19-13-12-14-20-40)66-51-35-50-58(69-57-24-18-16-22-47(57)65(50,10)11)37-54(51)67(55(32-38)59(46)66)53-36-49-48(33-39(53)2)63(6,7)29-30-64(49,8)9/h12-28,31-37H,29-30H2,1-11H3. The number of fused-ring (bicyclic) bond motifs is 11. The van der Waals surface area contributed by atoms with E-state index >= 15 is 0 Å². The molecule has 0 bridgehead atoms. The third-order valence-corrected chi connectivity index (χ3v) is 19.2. The summed E-state index contributed by atoms with van der Waals surface area (Å²) >= 11 is 3.90. The third kappa shape index (κ3) is 6.32. The van der Waals surface area contributed by atoms with Crippen molar-refractivity contribution < 1.29 is 0 Å². The summed E-state index contributed by atoms with van der Waals surface area (Å²) in [5, 5.41) is 2.64. The molecule has 0 amide bonds. The summed E-state index contributed by atoms with van der Waals surface area (Å²) in [6.07, 6.45) is 2.36. The Morgan fingerprint density at radius 3 is 2.03 bits per heavy atom. The molecular weight excluding hydrogens is 884 g/mol. The van der Waals surface area contributed by atoms with E-state index in [1.165, 1.54) is 143 Å². The molecule has 0 radical (unpaired) electrons. The van der Waals surface area contributed by atoms with Crippen molar-refractivity contribution in [2.75, 3.05) is 9.71 Å². The van der Waals surface area contributed by atoms with Crippen molar-refractivity contribution in [3.05, 3.63) is 185 Å². The van der Waals surface area contributed by atoms with Crippen molar-refractivity contribution in [1.29, 1.82) is 0 Å². The number of aryl methyl sites for hydroxylation is 2. The maximum absolute atomic E-state index is 2.81. The predicted molar refractivity (Wildman–Crippen MR) is 305 cm³/mol. The number of benzene rings is 8. The predicted octanol–water partition coefficient (Wildman–Crippen LogP) is 17.5. The quantitative estimate of drug-likeness (QED) is 0.163. The second-order valence-electron chi connectivity index (χ2n) is 23.7. The van der Waals surface area contributed by atoms with Crippen LogP contribution in [0.5, 0.6) is 0 Å². The number of nitrogens with zero attached hydrogens (tertiary/aromatic N) is 2. The van der Waals surface area contributed by atoms with Gasteiger partial charge in [-0.3, -0.25) is 0 Å². The van der Waals surface area contributed by atoms with Crippen LogP contribution in [0.15, 0.2) is 155 Å². The molecule has 5 heteroatoms. The molecule has 0 saturated carbocycles. The first-order valence-electron chi connectivity index (χ1n) is 25.4. The number of hydrogen-bond acceptors (Lipinski definition) is 4. The zero-order chi connectivity index (χ0) is 48.4. The Bertz CT molecular complexity index is 3700. The van der Waals surface area contributed by atoms with Gasteiger partial charge in [0.1, 0.15) is 0 Å². The van der Waals surface area contributed by atoms with E-state index in [-0.39, 0.29) is 28.5 Å². The molecule has 0 unspecified atom stereocenters. The summed E-state index contributed by atoms with van der Waals surface area (Å²) in [7, 11) is 0. The van der Waals surface area contributed by atoms with Gasteiger partial charge in [0.2, 0.25) is 0 Å². The molecule has 3 aliphatic heterocycles. The lowest BCUT2D eigenvalue weighted by Crippen LogP contribution is -2.62. The minimum Gasteiger partial charge on any atom is -0.375 e. The maximum atomic E-state index is 2.81. The Labute approximate surface area is 423 Å². The van der Waals surface area contributed by atoms with Gasteiger partial charge in [-0.25, -0.2) is 0 Å². The Hall–Kier alpha value is -6.01. The van der Waals surface area contributed by atoms with Crippen molar-refractivity contribution >= 4 is 89.5 Å². The lowest BCUT2D eigenvalue weighted by molar-refractivity contribution is 0.332. The van der Waals surface area contributed by atoms with Gasteiger partial charge >= 0.3 is 6.85 Å². The molecule has 4 heterocycles. The number of thiophene rings is 1. The molecule has 1 aromatic heterocycles. The van der Waals surface area contributed by atoms with Crippen LogP contribution in [0.1, 0.15) is 114 Å². The highest BCUT2D eigenvalue weighted by atomic mass is 32.2. The van der Waals surface area contributed by atoms with Crippen molar-refractivity contribution in [3.8, 4) is 22.3 Å². The second kappa shape index (κ2) is 15.0. The van der Waals surface area contributed by atoms with Crippen LogP contribution >= 0.6 is 23.1 Å². The molecule has 4 aliphatic rings. The molecule has 8 aromatic carbocycles. The normalized spacial score (nSPS) is 16.9. The minimum atomic E-state index is -0.218. The Morgan fingerprint density at radius 1 is 0.543 bits per heavy atom. The average molecular weight is 945 g/mol. The first kappa shape index (κ1) is 44.0. The van der Waals surface area contributed by atoms with E-state index in [1.54, 1.807) is 0 Å². The summed E-state index contributed by atoms with van der Waals surface area (Å²) in [5.74, 6) is 0. The Balaban J connectivity index is 1.19. The van der Waals surface area contributed by atoms with Crippen molar-refractivity contribution in [3.63, 3.8) is 0 Å². The molecule has 0 atom stereocenters. The van der Waals surface area contributed by atoms with Gasteiger partial charge in [-0.15, -0.1) is 11.3 Å². The third-order valence-electron chi connectivity index (χ3n) is 16.9. The van der Waals surface area contributed by atoms with E-state index in [0.29, 0.717) is 0 Å². The fraction of sp³-hybridized carbons (Fsp3) is 0.262. The molecule has 1 aliphatic carbocycles. The molecule has 70 heavy (non-hydrogen) atoms. The van der Waals surface area contributed by atoms with Crippen LogP contribution in [0.3, 0.4) is 0 Å². The maximum Gasteiger partial charge on any atom is 0.333 e. The first-order valence-corrected chi connectivity index (χ1v) is 27.0. The molecule has 0 spiro atoms. The summed E-state index contributed by atoms with van der Waals surface area (Å²) in [6, 6.07) is 57.0. The van der Waals surface area contributed by atoms with Crippen LogP contribution in [0, 0.1) is 13.8 Å². The minimum absolute atomic E-state index is 0.0367. The topological polar surface area (TPSA) is 6.48 Å². The van der Waals surface area contributed by atoms with E-state index in [9.17, 15) is 0 Å². The highest BCUT2D eigenvalue weighted by Gasteiger charge is 2.49. The summed E-state index contributed by atoms with van der Waals surface area (Å²) < 4.78 is 2.66. The Kier molecular flexibility index (Phi) is 9.43. The fourth-order valence-corrected chi connectivity index (χ4v) is 15.5.